The smallest absolute Gasteiger partial charge is 0.266 e. The first kappa shape index (κ1) is 17.0. The fourth-order valence-electron chi connectivity index (χ4n) is 2.13. The van der Waals surface area contributed by atoms with Crippen LogP contribution in [0.3, 0.4) is 0 Å². The van der Waals surface area contributed by atoms with Crippen LogP contribution in [0.5, 0.6) is 0 Å². The highest BCUT2D eigenvalue weighted by Gasteiger charge is 2.39. The van der Waals surface area contributed by atoms with Gasteiger partial charge in [-0.1, -0.05) is 67.6 Å². The first-order chi connectivity index (χ1) is 10.3. The van der Waals surface area contributed by atoms with Crippen LogP contribution in [0.1, 0.15) is 19.4 Å². The summed E-state index contributed by atoms with van der Waals surface area (Å²) in [5, 5.41) is 11.8. The number of benzene rings is 1. The van der Waals surface area contributed by atoms with Crippen molar-refractivity contribution < 1.29 is 14.7 Å². The number of amides is 1. The maximum absolute atomic E-state index is 12.5. The van der Waals surface area contributed by atoms with Gasteiger partial charge in [0.1, 0.15) is 4.32 Å². The number of thioether (sulfide) groups is 1. The van der Waals surface area contributed by atoms with Crippen LogP contribution in [-0.2, 0) is 9.59 Å². The van der Waals surface area contributed by atoms with E-state index in [0.717, 1.165) is 16.7 Å². The van der Waals surface area contributed by atoms with E-state index in [1.54, 1.807) is 44.2 Å². The number of carbonyl (C=O) groups is 2. The molecule has 0 radical (unpaired) electrons. The van der Waals surface area contributed by atoms with Crippen molar-refractivity contribution in [1.29, 1.82) is 0 Å². The van der Waals surface area contributed by atoms with E-state index in [1.807, 2.05) is 0 Å². The lowest BCUT2D eigenvalue weighted by Gasteiger charge is -2.30. The van der Waals surface area contributed by atoms with Crippen LogP contribution in [0.4, 0.5) is 0 Å². The van der Waals surface area contributed by atoms with E-state index < -0.39 is 17.9 Å². The molecular formula is C15H13ClNO3S2-. The Morgan fingerprint density at radius 3 is 2.59 bits per heavy atom. The SMILES string of the molecule is CC(C)[C@@H](C(=O)[O-])N1C(=O)/C(=C/c2ccccc2Cl)SC1=S. The zero-order valence-electron chi connectivity index (χ0n) is 11.9. The number of hydrogen-bond acceptors (Lipinski definition) is 5. The van der Waals surface area contributed by atoms with E-state index in [2.05, 4.69) is 0 Å². The van der Waals surface area contributed by atoms with Gasteiger partial charge in [0.15, 0.2) is 0 Å². The topological polar surface area (TPSA) is 60.4 Å². The molecule has 2 rings (SSSR count). The first-order valence-corrected chi connectivity index (χ1v) is 8.15. The number of hydrogen-bond donors (Lipinski definition) is 0. The van der Waals surface area contributed by atoms with E-state index in [9.17, 15) is 14.7 Å². The summed E-state index contributed by atoms with van der Waals surface area (Å²) < 4.78 is 0.214. The van der Waals surface area contributed by atoms with Crippen LogP contribution in [0.25, 0.3) is 6.08 Å². The summed E-state index contributed by atoms with van der Waals surface area (Å²) in [6, 6.07) is 6.00. The quantitative estimate of drug-likeness (QED) is 0.613. The van der Waals surface area contributed by atoms with Gasteiger partial charge in [-0.05, 0) is 23.6 Å². The van der Waals surface area contributed by atoms with Gasteiger partial charge in [-0.15, -0.1) is 0 Å². The number of halogens is 1. The Bertz CT molecular complexity index is 673. The van der Waals surface area contributed by atoms with Crippen LogP contribution >= 0.6 is 35.6 Å². The largest absolute Gasteiger partial charge is 0.548 e. The number of rotatable bonds is 4. The van der Waals surface area contributed by atoms with Gasteiger partial charge < -0.3 is 9.90 Å². The molecular weight excluding hydrogens is 342 g/mol. The Hall–Kier alpha value is -1.37. The fraction of sp³-hybridized carbons (Fsp3) is 0.267. The molecule has 0 saturated carbocycles. The van der Waals surface area contributed by atoms with Crippen molar-refractivity contribution in [3.8, 4) is 0 Å². The second-order valence-electron chi connectivity index (χ2n) is 5.08. The Morgan fingerprint density at radius 1 is 1.41 bits per heavy atom. The van der Waals surface area contributed by atoms with Crippen LogP contribution in [-0.4, -0.2) is 27.1 Å². The molecule has 0 aliphatic carbocycles. The number of nitrogens with zero attached hydrogens (tertiary/aromatic N) is 1. The van der Waals surface area contributed by atoms with E-state index >= 15 is 0 Å². The third kappa shape index (κ3) is 3.34. The molecule has 1 saturated heterocycles. The Labute approximate surface area is 143 Å². The van der Waals surface area contributed by atoms with Crippen molar-refractivity contribution in [3.63, 3.8) is 0 Å². The minimum Gasteiger partial charge on any atom is -0.548 e. The molecule has 0 bridgehead atoms. The Kier molecular flexibility index (Phi) is 5.26. The van der Waals surface area contributed by atoms with E-state index in [1.165, 1.54) is 0 Å². The molecule has 1 fully saturated rings. The molecule has 22 heavy (non-hydrogen) atoms. The molecule has 0 unspecified atom stereocenters. The van der Waals surface area contributed by atoms with E-state index in [-0.39, 0.29) is 10.2 Å². The zero-order valence-corrected chi connectivity index (χ0v) is 14.3. The molecule has 1 amide bonds. The molecule has 1 atom stereocenters. The predicted molar refractivity (Wildman–Crippen MR) is 90.1 cm³/mol. The molecule has 0 spiro atoms. The minimum atomic E-state index is -1.31. The highest BCUT2D eigenvalue weighted by molar-refractivity contribution is 8.26. The zero-order chi connectivity index (χ0) is 16.4. The summed E-state index contributed by atoms with van der Waals surface area (Å²) in [5.74, 6) is -2.06. The maximum atomic E-state index is 12.5. The van der Waals surface area contributed by atoms with Gasteiger partial charge >= 0.3 is 0 Å². The fourth-order valence-corrected chi connectivity index (χ4v) is 3.64. The number of carboxylic acid groups (broad SMARTS) is 1. The van der Waals surface area contributed by atoms with Gasteiger partial charge in [0, 0.05) is 5.02 Å². The van der Waals surface area contributed by atoms with Crippen LogP contribution < -0.4 is 5.11 Å². The average molecular weight is 355 g/mol. The second-order valence-corrected chi connectivity index (χ2v) is 7.16. The maximum Gasteiger partial charge on any atom is 0.266 e. The molecule has 1 aliphatic heterocycles. The second kappa shape index (κ2) is 6.81. The van der Waals surface area contributed by atoms with Crippen LogP contribution in [0.15, 0.2) is 29.2 Å². The molecule has 1 aromatic carbocycles. The van der Waals surface area contributed by atoms with Crippen molar-refractivity contribution in [3.05, 3.63) is 39.8 Å². The van der Waals surface area contributed by atoms with Gasteiger partial charge in [0.25, 0.3) is 5.91 Å². The van der Waals surface area contributed by atoms with Gasteiger partial charge in [-0.3, -0.25) is 9.69 Å². The van der Waals surface area contributed by atoms with Crippen molar-refractivity contribution in [2.45, 2.75) is 19.9 Å². The summed E-state index contributed by atoms with van der Waals surface area (Å²) in [5.41, 5.74) is 0.680. The lowest BCUT2D eigenvalue weighted by atomic mass is 10.0. The molecule has 7 heteroatoms. The third-order valence-electron chi connectivity index (χ3n) is 3.17. The summed E-state index contributed by atoms with van der Waals surface area (Å²) >= 11 is 12.3. The van der Waals surface area contributed by atoms with Gasteiger partial charge in [0.05, 0.1) is 16.9 Å². The monoisotopic (exact) mass is 354 g/mol. The minimum absolute atomic E-state index is 0.214. The molecule has 1 aromatic rings. The summed E-state index contributed by atoms with van der Waals surface area (Å²) in [4.78, 5) is 25.3. The van der Waals surface area contributed by atoms with Crippen molar-refractivity contribution in [1.82, 2.24) is 4.90 Å². The third-order valence-corrected chi connectivity index (χ3v) is 4.84. The molecule has 116 valence electrons. The lowest BCUT2D eigenvalue weighted by Crippen LogP contribution is -2.52. The number of carbonyl (C=O) groups excluding carboxylic acids is 2. The average Bonchev–Trinajstić information content (AvgIpc) is 2.69. The molecule has 0 aromatic heterocycles. The molecule has 1 aliphatic rings. The van der Waals surface area contributed by atoms with Crippen LogP contribution in [0, 0.1) is 5.92 Å². The van der Waals surface area contributed by atoms with E-state index in [4.69, 9.17) is 23.8 Å². The van der Waals surface area contributed by atoms with Crippen molar-refractivity contribution in [2.24, 2.45) is 5.92 Å². The highest BCUT2D eigenvalue weighted by Crippen LogP contribution is 2.36. The Morgan fingerprint density at radius 2 is 2.05 bits per heavy atom. The normalized spacial score (nSPS) is 18.4. The molecule has 4 nitrogen and oxygen atoms in total. The number of aliphatic carboxylic acids is 1. The summed E-state index contributed by atoms with van der Waals surface area (Å²) in [6.07, 6.45) is 1.62. The number of carboxylic acids is 1. The molecule has 1 heterocycles. The van der Waals surface area contributed by atoms with Crippen molar-refractivity contribution in [2.75, 3.05) is 0 Å². The van der Waals surface area contributed by atoms with E-state index in [0.29, 0.717) is 15.5 Å². The van der Waals surface area contributed by atoms with Crippen LogP contribution in [0.2, 0.25) is 5.02 Å². The predicted octanol–water partition coefficient (Wildman–Crippen LogP) is 2.32. The van der Waals surface area contributed by atoms with Gasteiger partial charge in [-0.25, -0.2) is 0 Å². The molecule has 0 N–H and O–H groups in total. The van der Waals surface area contributed by atoms with Gasteiger partial charge in [0.2, 0.25) is 0 Å². The summed E-state index contributed by atoms with van der Waals surface area (Å²) in [7, 11) is 0. The lowest BCUT2D eigenvalue weighted by molar-refractivity contribution is -0.311. The standard InChI is InChI=1S/C15H14ClNO3S2/c1-8(2)12(14(19)20)17-13(18)11(22-15(17)21)7-9-5-3-4-6-10(9)16/h3-8,12H,1-2H3,(H,19,20)/p-1/b11-7-/t12-/m0/s1. The van der Waals surface area contributed by atoms with Gasteiger partial charge in [-0.2, -0.15) is 0 Å². The number of thiocarbonyl (C=S) groups is 1. The summed E-state index contributed by atoms with van der Waals surface area (Å²) in [6.45, 7) is 3.41. The Balaban J connectivity index is 2.37. The first-order valence-electron chi connectivity index (χ1n) is 6.55. The van der Waals surface area contributed by atoms with Crippen molar-refractivity contribution >= 4 is 57.9 Å². The highest BCUT2D eigenvalue weighted by atomic mass is 35.5.